The summed E-state index contributed by atoms with van der Waals surface area (Å²) in [5.41, 5.74) is -0.126. The van der Waals surface area contributed by atoms with Crippen LogP contribution in [0.1, 0.15) is 37.0 Å². The van der Waals surface area contributed by atoms with Gasteiger partial charge in [0.2, 0.25) is 0 Å². The van der Waals surface area contributed by atoms with Gasteiger partial charge in [-0.25, -0.2) is 13.8 Å². The largest absolute Gasteiger partial charge is 0.482 e. The molecule has 0 spiro atoms. The summed E-state index contributed by atoms with van der Waals surface area (Å²) in [6.45, 7) is 6.46. The average molecular weight is 404 g/mol. The van der Waals surface area contributed by atoms with Crippen LogP contribution in [0.2, 0.25) is 0 Å². The van der Waals surface area contributed by atoms with Crippen LogP contribution in [0.15, 0.2) is 47.5 Å². The van der Waals surface area contributed by atoms with E-state index < -0.39 is 17.5 Å². The van der Waals surface area contributed by atoms with Crippen molar-refractivity contribution in [3.8, 4) is 5.75 Å². The van der Waals surface area contributed by atoms with Gasteiger partial charge < -0.3 is 19.1 Å². The SMILES string of the molecule is CC(C)(C)C(Cn1ccnc1)NC(=O)c1cc(COc2ccc(F)cc2F)on1. The zero-order chi connectivity index (χ0) is 21.0. The number of aromatic nitrogens is 3. The fourth-order valence-electron chi connectivity index (χ4n) is 2.60. The molecule has 0 fully saturated rings. The minimum absolute atomic E-state index is 0.0862. The molecule has 3 aromatic rings. The molecule has 1 unspecified atom stereocenters. The molecule has 3 rings (SSSR count). The van der Waals surface area contributed by atoms with E-state index in [1.54, 1.807) is 12.5 Å². The molecule has 1 atom stereocenters. The first-order chi connectivity index (χ1) is 13.7. The third-order valence-electron chi connectivity index (χ3n) is 4.36. The Bertz CT molecular complexity index is 965. The minimum atomic E-state index is -0.824. The Labute approximate surface area is 166 Å². The van der Waals surface area contributed by atoms with Crippen molar-refractivity contribution in [3.05, 3.63) is 66.1 Å². The van der Waals surface area contributed by atoms with E-state index >= 15 is 0 Å². The van der Waals surface area contributed by atoms with E-state index in [9.17, 15) is 13.6 Å². The number of nitrogens with zero attached hydrogens (tertiary/aromatic N) is 3. The first-order valence-corrected chi connectivity index (χ1v) is 9.02. The van der Waals surface area contributed by atoms with Gasteiger partial charge in [-0.3, -0.25) is 4.79 Å². The van der Waals surface area contributed by atoms with Crippen molar-refractivity contribution in [2.45, 2.75) is 40.0 Å². The lowest BCUT2D eigenvalue weighted by molar-refractivity contribution is 0.0883. The third kappa shape index (κ3) is 5.40. The lowest BCUT2D eigenvalue weighted by Crippen LogP contribution is -2.46. The Morgan fingerprint density at radius 3 is 2.76 bits per heavy atom. The van der Waals surface area contributed by atoms with Gasteiger partial charge in [-0.05, 0) is 17.5 Å². The first kappa shape index (κ1) is 20.5. The van der Waals surface area contributed by atoms with E-state index in [1.807, 2.05) is 31.5 Å². The third-order valence-corrected chi connectivity index (χ3v) is 4.36. The molecule has 0 radical (unpaired) electrons. The molecule has 0 saturated heterocycles. The predicted octanol–water partition coefficient (Wildman–Crippen LogP) is 3.57. The molecule has 1 N–H and O–H groups in total. The van der Waals surface area contributed by atoms with E-state index in [1.165, 1.54) is 12.1 Å². The van der Waals surface area contributed by atoms with Gasteiger partial charge in [-0.1, -0.05) is 25.9 Å². The molecule has 154 valence electrons. The van der Waals surface area contributed by atoms with Gasteiger partial charge in [0.1, 0.15) is 12.4 Å². The number of nitrogens with one attached hydrogen (secondary N) is 1. The van der Waals surface area contributed by atoms with Crippen LogP contribution in [-0.2, 0) is 13.2 Å². The number of rotatable bonds is 7. The van der Waals surface area contributed by atoms with E-state index in [2.05, 4.69) is 15.5 Å². The summed E-state index contributed by atoms with van der Waals surface area (Å²) in [6.07, 6.45) is 5.19. The average Bonchev–Trinajstić information content (AvgIpc) is 3.31. The van der Waals surface area contributed by atoms with Gasteiger partial charge in [0, 0.05) is 31.1 Å². The first-order valence-electron chi connectivity index (χ1n) is 9.02. The highest BCUT2D eigenvalue weighted by Crippen LogP contribution is 2.22. The van der Waals surface area contributed by atoms with E-state index in [-0.39, 0.29) is 35.3 Å². The van der Waals surface area contributed by atoms with Crippen molar-refractivity contribution < 1.29 is 22.8 Å². The van der Waals surface area contributed by atoms with Gasteiger partial charge >= 0.3 is 0 Å². The Kier molecular flexibility index (Phi) is 5.95. The molecule has 0 aliphatic carbocycles. The van der Waals surface area contributed by atoms with Crippen LogP contribution in [-0.4, -0.2) is 26.7 Å². The van der Waals surface area contributed by atoms with Gasteiger partial charge in [0.25, 0.3) is 5.91 Å². The molecular weight excluding hydrogens is 382 g/mol. The highest BCUT2D eigenvalue weighted by atomic mass is 19.1. The number of hydrogen-bond donors (Lipinski definition) is 1. The quantitative estimate of drug-likeness (QED) is 0.651. The van der Waals surface area contributed by atoms with Crippen LogP contribution in [0.5, 0.6) is 5.75 Å². The smallest absolute Gasteiger partial charge is 0.273 e. The van der Waals surface area contributed by atoms with Crippen LogP contribution >= 0.6 is 0 Å². The van der Waals surface area contributed by atoms with E-state index in [0.717, 1.165) is 12.1 Å². The minimum Gasteiger partial charge on any atom is -0.482 e. The van der Waals surface area contributed by atoms with Gasteiger partial charge in [-0.2, -0.15) is 0 Å². The zero-order valence-electron chi connectivity index (χ0n) is 16.4. The summed E-state index contributed by atoms with van der Waals surface area (Å²) < 4.78 is 38.8. The normalized spacial score (nSPS) is 12.6. The summed E-state index contributed by atoms with van der Waals surface area (Å²) in [5, 5.41) is 6.72. The second-order valence-electron chi connectivity index (χ2n) is 7.69. The Morgan fingerprint density at radius 2 is 2.10 bits per heavy atom. The van der Waals surface area contributed by atoms with Crippen molar-refractivity contribution in [2.24, 2.45) is 5.41 Å². The summed E-state index contributed by atoms with van der Waals surface area (Å²) in [4.78, 5) is 16.6. The molecule has 0 bridgehead atoms. The molecule has 1 amide bonds. The molecule has 1 aromatic carbocycles. The summed E-state index contributed by atoms with van der Waals surface area (Å²) in [7, 11) is 0. The zero-order valence-corrected chi connectivity index (χ0v) is 16.4. The molecule has 2 heterocycles. The van der Waals surface area contributed by atoms with Crippen LogP contribution in [0.25, 0.3) is 0 Å². The van der Waals surface area contributed by atoms with Crippen molar-refractivity contribution in [1.82, 2.24) is 20.0 Å². The maximum absolute atomic E-state index is 13.6. The topological polar surface area (TPSA) is 82.2 Å². The monoisotopic (exact) mass is 404 g/mol. The second-order valence-corrected chi connectivity index (χ2v) is 7.69. The lowest BCUT2D eigenvalue weighted by atomic mass is 9.86. The predicted molar refractivity (Wildman–Crippen MR) is 100 cm³/mol. The number of amides is 1. The Morgan fingerprint density at radius 1 is 1.31 bits per heavy atom. The number of hydrogen-bond acceptors (Lipinski definition) is 5. The Balaban J connectivity index is 1.63. The van der Waals surface area contributed by atoms with Crippen LogP contribution in [0.4, 0.5) is 8.78 Å². The molecule has 9 heteroatoms. The molecule has 2 aromatic heterocycles. The number of carbonyl (C=O) groups is 1. The van der Waals surface area contributed by atoms with E-state index in [0.29, 0.717) is 6.54 Å². The maximum Gasteiger partial charge on any atom is 0.273 e. The second kappa shape index (κ2) is 8.42. The van der Waals surface area contributed by atoms with Crippen molar-refractivity contribution in [2.75, 3.05) is 0 Å². The fraction of sp³-hybridized carbons (Fsp3) is 0.350. The van der Waals surface area contributed by atoms with Gasteiger partial charge in [-0.15, -0.1) is 0 Å². The summed E-state index contributed by atoms with van der Waals surface area (Å²) in [5.74, 6) is -1.80. The fourth-order valence-corrected chi connectivity index (χ4v) is 2.60. The standard InChI is InChI=1S/C20H22F2N4O3/c1-20(2,3)18(10-26-7-6-23-12-26)24-19(27)16-9-14(29-25-16)11-28-17-5-4-13(21)8-15(17)22/h4-9,12,18H,10-11H2,1-3H3,(H,24,27). The molecule has 7 nitrogen and oxygen atoms in total. The molecule has 29 heavy (non-hydrogen) atoms. The number of imidazole rings is 1. The van der Waals surface area contributed by atoms with E-state index in [4.69, 9.17) is 9.26 Å². The van der Waals surface area contributed by atoms with Crippen molar-refractivity contribution >= 4 is 5.91 Å². The number of carbonyl (C=O) groups excluding carboxylic acids is 1. The maximum atomic E-state index is 13.6. The highest BCUT2D eigenvalue weighted by Gasteiger charge is 2.28. The summed E-state index contributed by atoms with van der Waals surface area (Å²) >= 11 is 0. The Hall–Kier alpha value is -3.23. The lowest BCUT2D eigenvalue weighted by Gasteiger charge is -2.31. The number of benzene rings is 1. The van der Waals surface area contributed by atoms with Gasteiger partial charge in [0.15, 0.2) is 23.0 Å². The van der Waals surface area contributed by atoms with Crippen molar-refractivity contribution in [1.29, 1.82) is 0 Å². The van der Waals surface area contributed by atoms with Crippen LogP contribution < -0.4 is 10.1 Å². The van der Waals surface area contributed by atoms with Crippen molar-refractivity contribution in [3.63, 3.8) is 0 Å². The van der Waals surface area contributed by atoms with Crippen LogP contribution in [0.3, 0.4) is 0 Å². The van der Waals surface area contributed by atoms with Gasteiger partial charge in [0.05, 0.1) is 12.4 Å². The molecule has 0 saturated carbocycles. The molecule has 0 aliphatic rings. The molecular formula is C20H22F2N4O3. The van der Waals surface area contributed by atoms with Crippen LogP contribution in [0, 0.1) is 17.0 Å². The molecule has 0 aliphatic heterocycles. The summed E-state index contributed by atoms with van der Waals surface area (Å²) in [6, 6.07) is 4.23. The highest BCUT2D eigenvalue weighted by molar-refractivity contribution is 5.92. The number of halogens is 2. The number of ether oxygens (including phenoxy) is 1.